The first-order valence-corrected chi connectivity index (χ1v) is 7.40. The summed E-state index contributed by atoms with van der Waals surface area (Å²) in [7, 11) is 3.11. The lowest BCUT2D eigenvalue weighted by Gasteiger charge is -2.14. The molecule has 0 unspecified atom stereocenters. The molecule has 2 aromatic rings. The van der Waals surface area contributed by atoms with Crippen molar-refractivity contribution in [3.8, 4) is 11.5 Å². The Morgan fingerprint density at radius 1 is 1.12 bits per heavy atom. The molecule has 0 aliphatic rings. The van der Waals surface area contributed by atoms with Gasteiger partial charge in [0.1, 0.15) is 11.5 Å². The third kappa shape index (κ3) is 4.11. The lowest BCUT2D eigenvalue weighted by Crippen LogP contribution is -2.19. The van der Waals surface area contributed by atoms with Gasteiger partial charge in [0.05, 0.1) is 24.8 Å². The number of methoxy groups -OCH3 is 2. The van der Waals surface area contributed by atoms with Gasteiger partial charge >= 0.3 is 0 Å². The maximum atomic E-state index is 11.0. The van der Waals surface area contributed by atoms with Crippen LogP contribution in [0.2, 0.25) is 0 Å². The smallest absolute Gasteiger partial charge is 0.274 e. The molecular weight excluding hydrogens is 330 g/mol. The Hall–Kier alpha value is -2.87. The van der Waals surface area contributed by atoms with E-state index in [2.05, 4.69) is 10.6 Å². The van der Waals surface area contributed by atoms with Crippen LogP contribution in [-0.2, 0) is 0 Å². The molecule has 0 bridgehead atoms. The standard InChI is InChI=1S/C16H17N3O4S/c1-10-4-5-11(8-14(10)19(20)21)17-16(24)18-13-7-6-12(22-2)9-15(13)23-3/h4-9H,1-3H3,(H2,17,18,24). The van der Waals surface area contributed by atoms with Gasteiger partial charge in [-0.1, -0.05) is 6.07 Å². The number of nitrogens with one attached hydrogen (secondary N) is 2. The maximum Gasteiger partial charge on any atom is 0.274 e. The van der Waals surface area contributed by atoms with E-state index in [0.29, 0.717) is 28.4 Å². The number of nitro groups is 1. The van der Waals surface area contributed by atoms with Crippen LogP contribution in [0.3, 0.4) is 0 Å². The van der Waals surface area contributed by atoms with Crippen LogP contribution in [0, 0.1) is 17.0 Å². The summed E-state index contributed by atoms with van der Waals surface area (Å²) in [6.07, 6.45) is 0. The zero-order valence-corrected chi connectivity index (χ0v) is 14.3. The van der Waals surface area contributed by atoms with E-state index in [1.807, 2.05) is 0 Å². The summed E-state index contributed by atoms with van der Waals surface area (Å²) in [5, 5.41) is 17.2. The average molecular weight is 347 g/mol. The SMILES string of the molecule is COc1ccc(NC(=S)Nc2ccc(C)c([N+](=O)[O-])c2)c(OC)c1. The van der Waals surface area contributed by atoms with Gasteiger partial charge in [-0.2, -0.15) is 0 Å². The largest absolute Gasteiger partial charge is 0.497 e. The normalized spacial score (nSPS) is 9.96. The van der Waals surface area contributed by atoms with Crippen molar-refractivity contribution in [1.82, 2.24) is 0 Å². The first-order valence-electron chi connectivity index (χ1n) is 6.99. The highest BCUT2D eigenvalue weighted by Gasteiger charge is 2.12. The van der Waals surface area contributed by atoms with Crippen LogP contribution in [0.15, 0.2) is 36.4 Å². The fraction of sp³-hybridized carbons (Fsp3) is 0.188. The van der Waals surface area contributed by atoms with Gasteiger partial charge in [0, 0.05) is 23.4 Å². The van der Waals surface area contributed by atoms with Crippen LogP contribution in [0.1, 0.15) is 5.56 Å². The van der Waals surface area contributed by atoms with Gasteiger partial charge in [-0.15, -0.1) is 0 Å². The minimum atomic E-state index is -0.427. The Bertz CT molecular complexity index is 780. The minimum Gasteiger partial charge on any atom is -0.497 e. The number of ether oxygens (including phenoxy) is 2. The molecule has 0 amide bonds. The third-order valence-corrected chi connectivity index (χ3v) is 3.52. The molecule has 2 rings (SSSR count). The molecular formula is C16H17N3O4S. The molecule has 0 atom stereocenters. The molecule has 8 heteroatoms. The van der Waals surface area contributed by atoms with Crippen LogP contribution in [0.5, 0.6) is 11.5 Å². The van der Waals surface area contributed by atoms with E-state index >= 15 is 0 Å². The number of anilines is 2. The molecule has 0 fully saturated rings. The van der Waals surface area contributed by atoms with Gasteiger partial charge in [-0.3, -0.25) is 10.1 Å². The lowest BCUT2D eigenvalue weighted by atomic mass is 10.2. The summed E-state index contributed by atoms with van der Waals surface area (Å²) in [6.45, 7) is 1.68. The Morgan fingerprint density at radius 3 is 2.50 bits per heavy atom. The zero-order chi connectivity index (χ0) is 17.7. The van der Waals surface area contributed by atoms with E-state index in [9.17, 15) is 10.1 Å². The Labute approximate surface area is 144 Å². The number of hydrogen-bond donors (Lipinski definition) is 2. The molecule has 0 saturated carbocycles. The van der Waals surface area contributed by atoms with Crippen molar-refractivity contribution in [3.63, 3.8) is 0 Å². The first-order chi connectivity index (χ1) is 11.4. The molecule has 24 heavy (non-hydrogen) atoms. The van der Waals surface area contributed by atoms with Crippen LogP contribution >= 0.6 is 12.2 Å². The van der Waals surface area contributed by atoms with Gasteiger partial charge in [0.15, 0.2) is 5.11 Å². The molecule has 126 valence electrons. The molecule has 2 N–H and O–H groups in total. The predicted octanol–water partition coefficient (Wildman–Crippen LogP) is 3.73. The van der Waals surface area contributed by atoms with Gasteiger partial charge in [0.25, 0.3) is 5.69 Å². The summed E-state index contributed by atoms with van der Waals surface area (Å²) < 4.78 is 10.4. The highest BCUT2D eigenvalue weighted by Crippen LogP contribution is 2.29. The summed E-state index contributed by atoms with van der Waals surface area (Å²) in [6, 6.07) is 10.1. The monoisotopic (exact) mass is 347 g/mol. The Balaban J connectivity index is 2.14. The quantitative estimate of drug-likeness (QED) is 0.484. The van der Waals surface area contributed by atoms with Crippen molar-refractivity contribution in [1.29, 1.82) is 0 Å². The van der Waals surface area contributed by atoms with Gasteiger partial charge < -0.3 is 20.1 Å². The van der Waals surface area contributed by atoms with E-state index < -0.39 is 4.92 Å². The van der Waals surface area contributed by atoms with Crippen molar-refractivity contribution in [2.45, 2.75) is 6.92 Å². The lowest BCUT2D eigenvalue weighted by molar-refractivity contribution is -0.385. The number of nitrogens with zero attached hydrogens (tertiary/aromatic N) is 1. The van der Waals surface area contributed by atoms with Crippen LogP contribution < -0.4 is 20.1 Å². The number of rotatable bonds is 5. The second kappa shape index (κ2) is 7.60. The van der Waals surface area contributed by atoms with Crippen LogP contribution in [-0.4, -0.2) is 24.3 Å². The Morgan fingerprint density at radius 2 is 1.88 bits per heavy atom. The van der Waals surface area contributed by atoms with Crippen molar-refractivity contribution < 1.29 is 14.4 Å². The van der Waals surface area contributed by atoms with E-state index in [1.165, 1.54) is 6.07 Å². The molecule has 0 aliphatic carbocycles. The average Bonchev–Trinajstić information content (AvgIpc) is 2.56. The predicted molar refractivity (Wildman–Crippen MR) is 97.2 cm³/mol. The zero-order valence-electron chi connectivity index (χ0n) is 13.5. The van der Waals surface area contributed by atoms with E-state index in [1.54, 1.807) is 51.5 Å². The van der Waals surface area contributed by atoms with E-state index in [-0.39, 0.29) is 10.8 Å². The van der Waals surface area contributed by atoms with Gasteiger partial charge in [0.2, 0.25) is 0 Å². The van der Waals surface area contributed by atoms with Gasteiger partial charge in [-0.25, -0.2) is 0 Å². The topological polar surface area (TPSA) is 85.7 Å². The van der Waals surface area contributed by atoms with Crippen LogP contribution in [0.4, 0.5) is 17.1 Å². The molecule has 0 aliphatic heterocycles. The summed E-state index contributed by atoms with van der Waals surface area (Å²) in [4.78, 5) is 10.6. The molecule has 0 saturated heterocycles. The molecule has 0 spiro atoms. The molecule has 0 aromatic heterocycles. The number of thiocarbonyl (C=S) groups is 1. The number of benzene rings is 2. The first kappa shape index (κ1) is 17.5. The minimum absolute atomic E-state index is 0.0322. The summed E-state index contributed by atoms with van der Waals surface area (Å²) >= 11 is 5.25. The van der Waals surface area contributed by atoms with E-state index in [0.717, 1.165) is 0 Å². The number of aryl methyl sites for hydroxylation is 1. The second-order valence-corrected chi connectivity index (χ2v) is 5.31. The molecule has 7 nitrogen and oxygen atoms in total. The van der Waals surface area contributed by atoms with Gasteiger partial charge in [-0.05, 0) is 37.3 Å². The summed E-state index contributed by atoms with van der Waals surface area (Å²) in [5.74, 6) is 1.22. The van der Waals surface area contributed by atoms with Crippen LogP contribution in [0.25, 0.3) is 0 Å². The highest BCUT2D eigenvalue weighted by molar-refractivity contribution is 7.80. The van der Waals surface area contributed by atoms with Crippen molar-refractivity contribution in [2.24, 2.45) is 0 Å². The Kier molecular flexibility index (Phi) is 5.54. The molecule has 2 aromatic carbocycles. The molecule has 0 heterocycles. The van der Waals surface area contributed by atoms with Crippen molar-refractivity contribution in [3.05, 3.63) is 52.1 Å². The fourth-order valence-electron chi connectivity index (χ4n) is 2.07. The van der Waals surface area contributed by atoms with E-state index in [4.69, 9.17) is 21.7 Å². The highest BCUT2D eigenvalue weighted by atomic mass is 32.1. The molecule has 0 radical (unpaired) electrons. The maximum absolute atomic E-state index is 11.0. The third-order valence-electron chi connectivity index (χ3n) is 3.32. The van der Waals surface area contributed by atoms with Crippen molar-refractivity contribution >= 4 is 34.4 Å². The number of hydrogen-bond acceptors (Lipinski definition) is 5. The summed E-state index contributed by atoms with van der Waals surface area (Å²) in [5.41, 5.74) is 1.79. The fourth-order valence-corrected chi connectivity index (χ4v) is 2.30. The second-order valence-electron chi connectivity index (χ2n) is 4.90. The van der Waals surface area contributed by atoms with Crippen molar-refractivity contribution in [2.75, 3.05) is 24.9 Å². The number of nitro benzene ring substituents is 1.